The molecule has 1 aliphatic rings. The largest absolute Gasteiger partial charge is 0.497 e. The topological polar surface area (TPSA) is 41.6 Å². The summed E-state index contributed by atoms with van der Waals surface area (Å²) in [6.45, 7) is 6.99. The lowest BCUT2D eigenvalue weighted by Crippen LogP contribution is -2.47. The number of piperidine rings is 1. The number of nitrogens with one attached hydrogen (secondary N) is 1. The zero-order valence-electron chi connectivity index (χ0n) is 14.4. The Kier molecular flexibility index (Phi) is 8.42. The molecular formula is C18H29ClN2O2. The molecule has 1 heterocycles. The van der Waals surface area contributed by atoms with Gasteiger partial charge in [0.05, 0.1) is 13.0 Å². The minimum absolute atomic E-state index is 0. The first-order valence-electron chi connectivity index (χ1n) is 8.32. The Morgan fingerprint density at radius 1 is 1.39 bits per heavy atom. The fourth-order valence-corrected chi connectivity index (χ4v) is 3.13. The molecule has 0 aromatic heterocycles. The third kappa shape index (κ3) is 5.11. The Hall–Kier alpha value is -1.26. The molecule has 2 rings (SSSR count). The van der Waals surface area contributed by atoms with Gasteiger partial charge in [0, 0.05) is 12.6 Å². The number of halogens is 1. The Morgan fingerprint density at radius 2 is 2.09 bits per heavy atom. The number of carbonyl (C=O) groups excluding carboxylic acids is 1. The first-order chi connectivity index (χ1) is 10.7. The standard InChI is InChI=1S/C18H28N2O2.ClH/c1-4-12-20(16-8-10-19-11-9-16)18(21)14(2)15-6-5-7-17(13-15)22-3;/h5-7,13-14,16,19H,4,8-12H2,1-3H3;1H. The number of methoxy groups -OCH3 is 1. The maximum absolute atomic E-state index is 13.0. The van der Waals surface area contributed by atoms with E-state index in [1.165, 1.54) is 0 Å². The number of rotatable bonds is 6. The third-order valence-electron chi connectivity index (χ3n) is 4.46. The second-order valence-corrected chi connectivity index (χ2v) is 6.01. The SMILES string of the molecule is CCCN(C(=O)C(C)c1cccc(OC)c1)C1CCNCC1.Cl. The van der Waals surface area contributed by atoms with Crippen molar-refractivity contribution in [2.75, 3.05) is 26.7 Å². The Bertz CT molecular complexity index is 490. The molecule has 4 nitrogen and oxygen atoms in total. The molecule has 23 heavy (non-hydrogen) atoms. The van der Waals surface area contributed by atoms with E-state index in [0.717, 1.165) is 50.2 Å². The molecule has 1 atom stereocenters. The zero-order valence-corrected chi connectivity index (χ0v) is 15.2. The predicted octanol–water partition coefficient (Wildman–Crippen LogP) is 3.21. The summed E-state index contributed by atoms with van der Waals surface area (Å²) in [6, 6.07) is 8.22. The fraction of sp³-hybridized carbons (Fsp3) is 0.611. The summed E-state index contributed by atoms with van der Waals surface area (Å²) in [5, 5.41) is 3.37. The highest BCUT2D eigenvalue weighted by atomic mass is 35.5. The zero-order chi connectivity index (χ0) is 15.9. The summed E-state index contributed by atoms with van der Waals surface area (Å²) in [7, 11) is 1.66. The number of nitrogens with zero attached hydrogens (tertiary/aromatic N) is 1. The van der Waals surface area contributed by atoms with Crippen molar-refractivity contribution in [2.24, 2.45) is 0 Å². The first kappa shape index (κ1) is 19.8. The molecule has 1 fully saturated rings. The van der Waals surface area contributed by atoms with E-state index in [0.29, 0.717) is 6.04 Å². The summed E-state index contributed by atoms with van der Waals surface area (Å²) in [6.07, 6.45) is 3.10. The molecule has 1 aromatic rings. The molecule has 1 aromatic carbocycles. The molecule has 0 saturated carbocycles. The number of benzene rings is 1. The molecule has 0 spiro atoms. The summed E-state index contributed by atoms with van der Waals surface area (Å²) in [5.41, 5.74) is 1.03. The van der Waals surface area contributed by atoms with Crippen molar-refractivity contribution < 1.29 is 9.53 Å². The van der Waals surface area contributed by atoms with Gasteiger partial charge in [-0.15, -0.1) is 12.4 Å². The van der Waals surface area contributed by atoms with E-state index in [2.05, 4.69) is 17.1 Å². The van der Waals surface area contributed by atoms with Crippen LogP contribution < -0.4 is 10.1 Å². The van der Waals surface area contributed by atoms with Crippen molar-refractivity contribution in [3.63, 3.8) is 0 Å². The second-order valence-electron chi connectivity index (χ2n) is 6.01. The molecule has 1 unspecified atom stereocenters. The van der Waals surface area contributed by atoms with E-state index in [1.54, 1.807) is 7.11 Å². The lowest BCUT2D eigenvalue weighted by molar-refractivity contribution is -0.135. The molecule has 0 radical (unpaired) electrons. The third-order valence-corrected chi connectivity index (χ3v) is 4.46. The van der Waals surface area contributed by atoms with Crippen LogP contribution in [0.4, 0.5) is 0 Å². The lowest BCUT2D eigenvalue weighted by atomic mass is 9.96. The number of ether oxygens (including phenoxy) is 1. The number of hydrogen-bond donors (Lipinski definition) is 1. The molecule has 0 bridgehead atoms. The molecule has 130 valence electrons. The van der Waals surface area contributed by atoms with Crippen molar-refractivity contribution in [1.82, 2.24) is 10.2 Å². The van der Waals surface area contributed by atoms with Gasteiger partial charge in [-0.1, -0.05) is 19.1 Å². The molecule has 1 saturated heterocycles. The maximum atomic E-state index is 13.0. The minimum atomic E-state index is -0.128. The van der Waals surface area contributed by atoms with Gasteiger partial charge < -0.3 is 15.0 Å². The van der Waals surface area contributed by atoms with Crippen molar-refractivity contribution in [1.29, 1.82) is 0 Å². The molecule has 1 amide bonds. The van der Waals surface area contributed by atoms with Crippen LogP contribution in [-0.2, 0) is 4.79 Å². The summed E-state index contributed by atoms with van der Waals surface area (Å²) >= 11 is 0. The average Bonchev–Trinajstić information content (AvgIpc) is 2.59. The quantitative estimate of drug-likeness (QED) is 0.864. The van der Waals surface area contributed by atoms with Gasteiger partial charge in [-0.3, -0.25) is 4.79 Å². The van der Waals surface area contributed by atoms with Gasteiger partial charge >= 0.3 is 0 Å². The first-order valence-corrected chi connectivity index (χ1v) is 8.32. The monoisotopic (exact) mass is 340 g/mol. The smallest absolute Gasteiger partial charge is 0.230 e. The average molecular weight is 341 g/mol. The van der Waals surface area contributed by atoms with Crippen LogP contribution in [0.5, 0.6) is 5.75 Å². The van der Waals surface area contributed by atoms with Gasteiger partial charge in [0.2, 0.25) is 5.91 Å². The maximum Gasteiger partial charge on any atom is 0.230 e. The van der Waals surface area contributed by atoms with E-state index >= 15 is 0 Å². The predicted molar refractivity (Wildman–Crippen MR) is 96.6 cm³/mol. The second kappa shape index (κ2) is 9.78. The normalized spacial score (nSPS) is 16.3. The Labute approximate surface area is 146 Å². The van der Waals surface area contributed by atoms with Crippen molar-refractivity contribution in [3.05, 3.63) is 29.8 Å². The van der Waals surface area contributed by atoms with Gasteiger partial charge in [0.1, 0.15) is 5.75 Å². The van der Waals surface area contributed by atoms with Crippen LogP contribution in [0.1, 0.15) is 44.6 Å². The van der Waals surface area contributed by atoms with Gasteiger partial charge in [-0.25, -0.2) is 0 Å². The van der Waals surface area contributed by atoms with Crippen molar-refractivity contribution >= 4 is 18.3 Å². The van der Waals surface area contributed by atoms with Crippen LogP contribution in [0.25, 0.3) is 0 Å². The lowest BCUT2D eigenvalue weighted by Gasteiger charge is -2.36. The van der Waals surface area contributed by atoms with Gasteiger partial charge in [0.25, 0.3) is 0 Å². The highest BCUT2D eigenvalue weighted by Gasteiger charge is 2.28. The van der Waals surface area contributed by atoms with E-state index in [9.17, 15) is 4.79 Å². The molecule has 1 N–H and O–H groups in total. The van der Waals surface area contributed by atoms with E-state index in [1.807, 2.05) is 31.2 Å². The van der Waals surface area contributed by atoms with Crippen molar-refractivity contribution in [3.8, 4) is 5.75 Å². The van der Waals surface area contributed by atoms with Crippen molar-refractivity contribution in [2.45, 2.75) is 45.1 Å². The fourth-order valence-electron chi connectivity index (χ4n) is 3.13. The molecular weight excluding hydrogens is 312 g/mol. The summed E-state index contributed by atoms with van der Waals surface area (Å²) in [4.78, 5) is 15.1. The highest BCUT2D eigenvalue weighted by molar-refractivity contribution is 5.85. The highest BCUT2D eigenvalue weighted by Crippen LogP contribution is 2.25. The van der Waals surface area contributed by atoms with E-state index < -0.39 is 0 Å². The van der Waals surface area contributed by atoms with Crippen LogP contribution in [0.3, 0.4) is 0 Å². The summed E-state index contributed by atoms with van der Waals surface area (Å²) < 4.78 is 5.28. The van der Waals surface area contributed by atoms with Crippen LogP contribution >= 0.6 is 12.4 Å². The Morgan fingerprint density at radius 3 is 2.70 bits per heavy atom. The van der Waals surface area contributed by atoms with Crippen LogP contribution in [-0.4, -0.2) is 43.6 Å². The van der Waals surface area contributed by atoms with Gasteiger partial charge in [-0.2, -0.15) is 0 Å². The molecule has 0 aliphatic carbocycles. The molecule has 5 heteroatoms. The number of hydrogen-bond acceptors (Lipinski definition) is 3. The van der Waals surface area contributed by atoms with E-state index in [4.69, 9.17) is 4.74 Å². The van der Waals surface area contributed by atoms with Crippen LogP contribution in [0, 0.1) is 0 Å². The number of carbonyl (C=O) groups is 1. The molecule has 1 aliphatic heterocycles. The number of amides is 1. The van der Waals surface area contributed by atoms with Crippen LogP contribution in [0.2, 0.25) is 0 Å². The minimum Gasteiger partial charge on any atom is -0.497 e. The van der Waals surface area contributed by atoms with Crippen LogP contribution in [0.15, 0.2) is 24.3 Å². The van der Waals surface area contributed by atoms with Gasteiger partial charge in [-0.05, 0) is 57.0 Å². The van der Waals surface area contributed by atoms with Gasteiger partial charge in [0.15, 0.2) is 0 Å². The Balaban J connectivity index is 0.00000264. The van der Waals surface area contributed by atoms with E-state index in [-0.39, 0.29) is 24.2 Å². The summed E-state index contributed by atoms with van der Waals surface area (Å²) in [5.74, 6) is 0.916.